The quantitative estimate of drug-likeness (QED) is 0.306. The molecule has 2 aromatic rings. The minimum Gasteiger partial charge on any atom is -0.497 e. The molecular formula is C33H49N3O5. The van der Waals surface area contributed by atoms with Crippen molar-refractivity contribution in [3.8, 4) is 5.75 Å². The number of hydrogen-bond acceptors (Lipinski definition) is 5. The van der Waals surface area contributed by atoms with Crippen molar-refractivity contribution < 1.29 is 23.9 Å². The van der Waals surface area contributed by atoms with Crippen molar-refractivity contribution in [2.75, 3.05) is 12.4 Å². The smallest absolute Gasteiger partial charge is 0.408 e. The minimum atomic E-state index is -0.963. The molecule has 0 bridgehead atoms. The van der Waals surface area contributed by atoms with Crippen LogP contribution in [0.3, 0.4) is 0 Å². The van der Waals surface area contributed by atoms with Crippen molar-refractivity contribution in [1.82, 2.24) is 10.2 Å². The Bertz CT molecular complexity index is 1200. The van der Waals surface area contributed by atoms with Crippen molar-refractivity contribution in [2.45, 2.75) is 105 Å². The van der Waals surface area contributed by atoms with Crippen LogP contribution in [-0.4, -0.2) is 47.1 Å². The molecule has 0 saturated heterocycles. The molecule has 226 valence electrons. The molecule has 3 amide bonds. The van der Waals surface area contributed by atoms with Crippen molar-refractivity contribution in [3.63, 3.8) is 0 Å². The first-order chi connectivity index (χ1) is 19.0. The third kappa shape index (κ3) is 9.51. The zero-order chi connectivity index (χ0) is 31.1. The summed E-state index contributed by atoms with van der Waals surface area (Å²) in [5.41, 5.74) is 1.79. The van der Waals surface area contributed by atoms with Gasteiger partial charge in [0, 0.05) is 11.2 Å². The number of aryl methyl sites for hydroxylation is 2. The van der Waals surface area contributed by atoms with Gasteiger partial charge in [-0.2, -0.15) is 0 Å². The van der Waals surface area contributed by atoms with E-state index in [1.807, 2.05) is 66.7 Å². The van der Waals surface area contributed by atoms with Gasteiger partial charge in [-0.25, -0.2) is 4.79 Å². The maximum atomic E-state index is 14.6. The Morgan fingerprint density at radius 1 is 0.951 bits per heavy atom. The third-order valence-corrected chi connectivity index (χ3v) is 7.03. The molecule has 2 N–H and O–H groups in total. The fourth-order valence-corrected chi connectivity index (χ4v) is 4.67. The molecule has 0 spiro atoms. The van der Waals surface area contributed by atoms with Gasteiger partial charge in [0.1, 0.15) is 23.4 Å². The second kappa shape index (κ2) is 13.9. The van der Waals surface area contributed by atoms with Crippen LogP contribution in [0.2, 0.25) is 0 Å². The highest BCUT2D eigenvalue weighted by molar-refractivity contribution is 5.99. The van der Waals surface area contributed by atoms with Gasteiger partial charge < -0.3 is 25.0 Å². The average molecular weight is 568 g/mol. The molecule has 0 heterocycles. The summed E-state index contributed by atoms with van der Waals surface area (Å²) in [6.45, 7) is 19.1. The fourth-order valence-electron chi connectivity index (χ4n) is 4.67. The monoisotopic (exact) mass is 567 g/mol. The third-order valence-electron chi connectivity index (χ3n) is 7.03. The predicted molar refractivity (Wildman–Crippen MR) is 164 cm³/mol. The number of alkyl carbamates (subject to hydrolysis) is 1. The number of rotatable bonds is 11. The lowest BCUT2D eigenvalue weighted by atomic mass is 9.89. The fraction of sp³-hybridized carbons (Fsp3) is 0.545. The Labute approximate surface area is 246 Å². The van der Waals surface area contributed by atoms with E-state index in [1.165, 1.54) is 0 Å². The van der Waals surface area contributed by atoms with E-state index >= 15 is 0 Å². The van der Waals surface area contributed by atoms with Gasteiger partial charge in [-0.05, 0) is 103 Å². The number of carbonyl (C=O) groups excluding carboxylic acids is 3. The maximum absolute atomic E-state index is 14.6. The number of amides is 3. The second-order valence-electron chi connectivity index (χ2n) is 12.7. The predicted octanol–water partition coefficient (Wildman–Crippen LogP) is 6.95. The minimum absolute atomic E-state index is 0.0955. The van der Waals surface area contributed by atoms with Gasteiger partial charge in [-0.15, -0.1) is 0 Å². The number of ether oxygens (including phenoxy) is 2. The van der Waals surface area contributed by atoms with Crippen molar-refractivity contribution in [3.05, 3.63) is 59.2 Å². The van der Waals surface area contributed by atoms with Gasteiger partial charge in [0.2, 0.25) is 5.91 Å². The first kappa shape index (κ1) is 33.7. The molecule has 0 radical (unpaired) electrons. The molecule has 0 aliphatic heterocycles. The van der Waals surface area contributed by atoms with Crippen LogP contribution in [0.25, 0.3) is 0 Å². The summed E-state index contributed by atoms with van der Waals surface area (Å²) >= 11 is 0. The Morgan fingerprint density at radius 2 is 1.56 bits per heavy atom. The standard InChI is InChI=1S/C33H49N3O5/c1-12-33(9,10)36(30(38)27(19-21(2)3)35-31(39)41-32(6,7)8)28(26-18-13-22(4)20-23(26)5)29(37)34-24-14-16-25(40-11)17-15-24/h13-18,20-21,27-28H,12,19H2,1-11H3,(H,34,37)(H,35,39). The highest BCUT2D eigenvalue weighted by Crippen LogP contribution is 2.35. The van der Waals surface area contributed by atoms with E-state index in [2.05, 4.69) is 10.6 Å². The number of carbonyl (C=O) groups is 3. The summed E-state index contributed by atoms with van der Waals surface area (Å²) in [6, 6.07) is 11.1. The van der Waals surface area contributed by atoms with Crippen LogP contribution in [0, 0.1) is 19.8 Å². The van der Waals surface area contributed by atoms with Crippen LogP contribution in [0.4, 0.5) is 10.5 Å². The van der Waals surface area contributed by atoms with Gasteiger partial charge in [-0.3, -0.25) is 9.59 Å². The van der Waals surface area contributed by atoms with Gasteiger partial charge in [0.25, 0.3) is 5.91 Å². The van der Waals surface area contributed by atoms with Crippen LogP contribution in [0.5, 0.6) is 5.75 Å². The van der Waals surface area contributed by atoms with E-state index in [9.17, 15) is 14.4 Å². The number of anilines is 1. The Hall–Kier alpha value is -3.55. The molecule has 2 unspecified atom stereocenters. The van der Waals surface area contributed by atoms with E-state index in [1.54, 1.807) is 57.0 Å². The van der Waals surface area contributed by atoms with Crippen LogP contribution in [-0.2, 0) is 14.3 Å². The number of benzene rings is 2. The van der Waals surface area contributed by atoms with Crippen LogP contribution in [0.15, 0.2) is 42.5 Å². The summed E-state index contributed by atoms with van der Waals surface area (Å²) < 4.78 is 10.8. The number of hydrogen-bond donors (Lipinski definition) is 2. The molecule has 0 aliphatic rings. The second-order valence-corrected chi connectivity index (χ2v) is 12.7. The largest absolute Gasteiger partial charge is 0.497 e. The van der Waals surface area contributed by atoms with Crippen molar-refractivity contribution >= 4 is 23.6 Å². The Morgan fingerprint density at radius 3 is 2.05 bits per heavy atom. The van der Waals surface area contributed by atoms with Crippen LogP contribution in [0.1, 0.15) is 91.0 Å². The van der Waals surface area contributed by atoms with E-state index in [0.717, 1.165) is 16.7 Å². The van der Waals surface area contributed by atoms with Crippen LogP contribution < -0.4 is 15.4 Å². The lowest BCUT2D eigenvalue weighted by Crippen LogP contribution is -2.59. The first-order valence-corrected chi connectivity index (χ1v) is 14.3. The lowest BCUT2D eigenvalue weighted by Gasteiger charge is -2.45. The van der Waals surface area contributed by atoms with Crippen molar-refractivity contribution in [2.24, 2.45) is 5.92 Å². The Balaban J connectivity index is 2.67. The lowest BCUT2D eigenvalue weighted by molar-refractivity contribution is -0.148. The normalized spacial score (nSPS) is 13.3. The van der Waals surface area contributed by atoms with Gasteiger partial charge >= 0.3 is 6.09 Å². The zero-order valence-electron chi connectivity index (χ0n) is 26.7. The summed E-state index contributed by atoms with van der Waals surface area (Å²) in [6.07, 6.45) is 0.293. The molecule has 2 rings (SSSR count). The first-order valence-electron chi connectivity index (χ1n) is 14.3. The SMILES string of the molecule is CCC(C)(C)N(C(=O)C(CC(C)C)NC(=O)OC(C)(C)C)C(C(=O)Nc1ccc(OC)cc1)c1ccc(C)cc1C. The molecular weight excluding hydrogens is 518 g/mol. The molecule has 41 heavy (non-hydrogen) atoms. The van der Waals surface area contributed by atoms with Gasteiger partial charge in [0.05, 0.1) is 7.11 Å². The topological polar surface area (TPSA) is 97.0 Å². The summed E-state index contributed by atoms with van der Waals surface area (Å²) in [5.74, 6) is 0.0737. The molecule has 8 heteroatoms. The van der Waals surface area contributed by atoms with Gasteiger partial charge in [-0.1, -0.05) is 44.5 Å². The Kier molecular flexibility index (Phi) is 11.4. The molecule has 2 aromatic carbocycles. The van der Waals surface area contributed by atoms with E-state index in [-0.39, 0.29) is 17.7 Å². The van der Waals surface area contributed by atoms with E-state index < -0.39 is 29.3 Å². The van der Waals surface area contributed by atoms with Gasteiger partial charge in [0.15, 0.2) is 0 Å². The van der Waals surface area contributed by atoms with E-state index in [4.69, 9.17) is 9.47 Å². The molecule has 0 saturated carbocycles. The summed E-state index contributed by atoms with van der Waals surface area (Å²) in [7, 11) is 1.58. The number of nitrogens with one attached hydrogen (secondary N) is 2. The van der Waals surface area contributed by atoms with E-state index in [0.29, 0.717) is 24.3 Å². The highest BCUT2D eigenvalue weighted by atomic mass is 16.6. The molecule has 0 aromatic heterocycles. The van der Waals surface area contributed by atoms with Crippen LogP contribution >= 0.6 is 0 Å². The maximum Gasteiger partial charge on any atom is 0.408 e. The highest BCUT2D eigenvalue weighted by Gasteiger charge is 2.43. The van der Waals surface area contributed by atoms with Crippen molar-refractivity contribution in [1.29, 1.82) is 0 Å². The summed E-state index contributed by atoms with van der Waals surface area (Å²) in [5, 5.41) is 5.83. The zero-order valence-corrected chi connectivity index (χ0v) is 26.7. The molecule has 2 atom stereocenters. The molecule has 8 nitrogen and oxygen atoms in total. The molecule has 0 fully saturated rings. The number of nitrogens with zero attached hydrogens (tertiary/aromatic N) is 1. The number of methoxy groups -OCH3 is 1. The molecule has 0 aliphatic carbocycles. The summed E-state index contributed by atoms with van der Waals surface area (Å²) in [4.78, 5) is 43.3. The average Bonchev–Trinajstić information content (AvgIpc) is 2.86.